The van der Waals surface area contributed by atoms with Crippen molar-refractivity contribution < 1.29 is 19.4 Å². The highest BCUT2D eigenvalue weighted by Gasteiger charge is 2.68. The normalized spacial score (nSPS) is 22.2. The lowest BCUT2D eigenvalue weighted by molar-refractivity contribution is -0.141. The van der Waals surface area contributed by atoms with E-state index in [1.807, 2.05) is 50.2 Å². The van der Waals surface area contributed by atoms with Crippen LogP contribution in [-0.2, 0) is 9.53 Å². The molecule has 1 amide bonds. The molecule has 2 aliphatic carbocycles. The first-order valence-electron chi connectivity index (χ1n) is 8.72. The average molecular weight is 351 g/mol. The first kappa shape index (κ1) is 16.6. The van der Waals surface area contributed by atoms with Crippen LogP contribution in [0.25, 0.3) is 11.1 Å². The van der Waals surface area contributed by atoms with Crippen molar-refractivity contribution in [2.24, 2.45) is 5.41 Å². The summed E-state index contributed by atoms with van der Waals surface area (Å²) in [6.45, 7) is 3.83. The van der Waals surface area contributed by atoms with E-state index in [2.05, 4.69) is 17.4 Å². The van der Waals surface area contributed by atoms with Gasteiger partial charge >= 0.3 is 12.1 Å². The molecule has 134 valence electrons. The summed E-state index contributed by atoms with van der Waals surface area (Å²) in [5.41, 5.74) is 2.87. The maximum absolute atomic E-state index is 12.3. The van der Waals surface area contributed by atoms with Crippen LogP contribution in [0.15, 0.2) is 48.5 Å². The van der Waals surface area contributed by atoms with E-state index >= 15 is 0 Å². The second kappa shape index (κ2) is 5.59. The third-order valence-corrected chi connectivity index (χ3v) is 5.76. The smallest absolute Gasteiger partial charge is 0.408 e. The Morgan fingerprint density at radius 1 is 1.08 bits per heavy atom. The Morgan fingerprint density at radius 3 is 2.04 bits per heavy atom. The molecule has 0 spiro atoms. The number of amides is 1. The number of fused-ring (bicyclic) bond motifs is 3. The second-order valence-corrected chi connectivity index (χ2v) is 7.72. The number of hydrogen-bond acceptors (Lipinski definition) is 3. The van der Waals surface area contributed by atoms with Crippen molar-refractivity contribution in [1.82, 2.24) is 5.32 Å². The van der Waals surface area contributed by atoms with E-state index in [1.54, 1.807) is 0 Å². The van der Waals surface area contributed by atoms with Crippen molar-refractivity contribution in [3.8, 4) is 11.1 Å². The Balaban J connectivity index is 1.50. The summed E-state index contributed by atoms with van der Waals surface area (Å²) in [5.74, 6) is -1.06. The minimum Gasteiger partial charge on any atom is -0.479 e. The lowest BCUT2D eigenvalue weighted by Gasteiger charge is -2.19. The molecule has 26 heavy (non-hydrogen) atoms. The standard InChI is InChI=1S/C21H21NO4/c1-20(2)12-21(20,18(23)24)22-19(25)26-11-17-15-9-5-3-7-13(15)14-8-4-6-10-16(14)17/h3-10,17H,11-12H2,1-2H3,(H,22,25)(H,23,24)/t21-/m1/s1. The van der Waals surface area contributed by atoms with Gasteiger partial charge in [-0.15, -0.1) is 0 Å². The third kappa shape index (κ3) is 2.38. The maximum Gasteiger partial charge on any atom is 0.408 e. The SMILES string of the molecule is CC1(C)C[C@@]1(NC(=O)OCC1c2ccccc2-c2ccccc21)C(=O)O. The molecule has 0 unspecified atom stereocenters. The van der Waals surface area contributed by atoms with Gasteiger partial charge in [0.2, 0.25) is 0 Å². The first-order valence-corrected chi connectivity index (χ1v) is 8.72. The molecule has 5 heteroatoms. The van der Waals surface area contributed by atoms with Crippen LogP contribution in [0.3, 0.4) is 0 Å². The number of carbonyl (C=O) groups excluding carboxylic acids is 1. The average Bonchev–Trinajstić information content (AvgIpc) is 3.03. The van der Waals surface area contributed by atoms with Gasteiger partial charge in [0.15, 0.2) is 0 Å². The number of ether oxygens (including phenoxy) is 1. The fraction of sp³-hybridized carbons (Fsp3) is 0.333. The summed E-state index contributed by atoms with van der Waals surface area (Å²) >= 11 is 0. The van der Waals surface area contributed by atoms with Gasteiger partial charge in [0.25, 0.3) is 0 Å². The fourth-order valence-electron chi connectivity index (χ4n) is 4.06. The Hall–Kier alpha value is -2.82. The molecule has 2 N–H and O–H groups in total. The molecule has 1 saturated carbocycles. The van der Waals surface area contributed by atoms with Crippen LogP contribution in [0, 0.1) is 5.41 Å². The monoisotopic (exact) mass is 351 g/mol. The summed E-state index contributed by atoms with van der Waals surface area (Å²) in [5, 5.41) is 12.0. The van der Waals surface area contributed by atoms with E-state index in [0.29, 0.717) is 6.42 Å². The molecule has 2 aromatic rings. The zero-order valence-electron chi connectivity index (χ0n) is 14.8. The molecule has 2 aromatic carbocycles. The molecule has 5 nitrogen and oxygen atoms in total. The highest BCUT2D eigenvalue weighted by atomic mass is 16.5. The van der Waals surface area contributed by atoms with E-state index < -0.39 is 23.0 Å². The van der Waals surface area contributed by atoms with Crippen LogP contribution in [-0.4, -0.2) is 29.3 Å². The van der Waals surface area contributed by atoms with Crippen molar-refractivity contribution in [3.63, 3.8) is 0 Å². The van der Waals surface area contributed by atoms with Crippen molar-refractivity contribution in [2.45, 2.75) is 31.7 Å². The largest absolute Gasteiger partial charge is 0.479 e. The topological polar surface area (TPSA) is 75.6 Å². The van der Waals surface area contributed by atoms with Gasteiger partial charge in [0.1, 0.15) is 12.1 Å². The quantitative estimate of drug-likeness (QED) is 0.879. The number of carbonyl (C=O) groups is 2. The van der Waals surface area contributed by atoms with Gasteiger partial charge in [-0.25, -0.2) is 9.59 Å². The molecule has 0 aromatic heterocycles. The van der Waals surface area contributed by atoms with Crippen LogP contribution in [0.2, 0.25) is 0 Å². The van der Waals surface area contributed by atoms with Gasteiger partial charge in [0.05, 0.1) is 0 Å². The second-order valence-electron chi connectivity index (χ2n) is 7.72. The predicted octanol–water partition coefficient (Wildman–Crippen LogP) is 3.78. The number of carboxylic acids is 1. The van der Waals surface area contributed by atoms with Crippen LogP contribution in [0.4, 0.5) is 4.79 Å². The Bertz CT molecular complexity index is 859. The molecule has 1 fully saturated rings. The highest BCUT2D eigenvalue weighted by molar-refractivity contribution is 5.89. The number of nitrogens with one attached hydrogen (secondary N) is 1. The lowest BCUT2D eigenvalue weighted by Crippen LogP contribution is -2.47. The third-order valence-electron chi connectivity index (χ3n) is 5.76. The first-order chi connectivity index (χ1) is 12.4. The molecule has 0 bridgehead atoms. The number of alkyl carbamates (subject to hydrolysis) is 1. The zero-order chi connectivity index (χ0) is 18.5. The van der Waals surface area contributed by atoms with E-state index in [0.717, 1.165) is 22.3 Å². The van der Waals surface area contributed by atoms with E-state index in [1.165, 1.54) is 0 Å². The van der Waals surface area contributed by atoms with Gasteiger partial charge in [-0.3, -0.25) is 0 Å². The fourth-order valence-corrected chi connectivity index (χ4v) is 4.06. The highest BCUT2D eigenvalue weighted by Crippen LogP contribution is 2.55. The van der Waals surface area contributed by atoms with Crippen molar-refractivity contribution in [2.75, 3.05) is 6.61 Å². The number of benzene rings is 2. The number of rotatable bonds is 4. The Labute approximate surface area is 152 Å². The van der Waals surface area contributed by atoms with Gasteiger partial charge in [-0.1, -0.05) is 62.4 Å². The van der Waals surface area contributed by atoms with Crippen molar-refractivity contribution in [1.29, 1.82) is 0 Å². The van der Waals surface area contributed by atoms with Crippen LogP contribution >= 0.6 is 0 Å². The summed E-state index contributed by atoms with van der Waals surface area (Å²) < 4.78 is 5.45. The lowest BCUT2D eigenvalue weighted by atomic mass is 9.98. The molecule has 2 aliphatic rings. The maximum atomic E-state index is 12.3. The van der Waals surface area contributed by atoms with Crippen LogP contribution < -0.4 is 5.32 Å². The summed E-state index contributed by atoms with van der Waals surface area (Å²) in [4.78, 5) is 23.8. The number of hydrogen-bond donors (Lipinski definition) is 2. The summed E-state index contributed by atoms with van der Waals surface area (Å²) in [6.07, 6.45) is -0.278. The van der Waals surface area contributed by atoms with E-state index in [4.69, 9.17) is 4.74 Å². The number of aliphatic carboxylic acids is 1. The van der Waals surface area contributed by atoms with Crippen LogP contribution in [0.1, 0.15) is 37.3 Å². The number of carboxylic acid groups (broad SMARTS) is 1. The molecular formula is C21H21NO4. The summed E-state index contributed by atoms with van der Waals surface area (Å²) in [6, 6.07) is 16.2. The Morgan fingerprint density at radius 2 is 1.58 bits per heavy atom. The Kier molecular flexibility index (Phi) is 3.58. The van der Waals surface area contributed by atoms with Gasteiger partial charge in [-0.2, -0.15) is 0 Å². The van der Waals surface area contributed by atoms with Gasteiger partial charge in [-0.05, 0) is 28.7 Å². The predicted molar refractivity (Wildman–Crippen MR) is 97.0 cm³/mol. The molecule has 1 atom stereocenters. The van der Waals surface area contributed by atoms with E-state index in [9.17, 15) is 14.7 Å². The minimum absolute atomic E-state index is 0.0406. The minimum atomic E-state index is -1.23. The van der Waals surface area contributed by atoms with Crippen molar-refractivity contribution >= 4 is 12.1 Å². The molecular weight excluding hydrogens is 330 g/mol. The molecule has 0 radical (unpaired) electrons. The zero-order valence-corrected chi connectivity index (χ0v) is 14.8. The molecule has 0 saturated heterocycles. The van der Waals surface area contributed by atoms with Gasteiger partial charge in [0, 0.05) is 11.3 Å². The molecule has 0 heterocycles. The molecule has 4 rings (SSSR count). The molecule has 0 aliphatic heterocycles. The van der Waals surface area contributed by atoms with Crippen molar-refractivity contribution in [3.05, 3.63) is 59.7 Å². The van der Waals surface area contributed by atoms with E-state index in [-0.39, 0.29) is 12.5 Å². The summed E-state index contributed by atoms with van der Waals surface area (Å²) in [7, 11) is 0. The van der Waals surface area contributed by atoms with Gasteiger partial charge < -0.3 is 15.2 Å². The van der Waals surface area contributed by atoms with Crippen LogP contribution in [0.5, 0.6) is 0 Å².